The summed E-state index contributed by atoms with van der Waals surface area (Å²) in [7, 11) is 0. The fraction of sp³-hybridized carbons (Fsp3) is 0.207. The van der Waals surface area contributed by atoms with Gasteiger partial charge in [0.2, 0.25) is 5.91 Å². The van der Waals surface area contributed by atoms with Gasteiger partial charge in [0.15, 0.2) is 0 Å². The van der Waals surface area contributed by atoms with E-state index in [0.29, 0.717) is 18.0 Å². The minimum Gasteiger partial charge on any atom is -0.472 e. The van der Waals surface area contributed by atoms with Gasteiger partial charge in [0.05, 0.1) is 53.2 Å². The third-order valence-electron chi connectivity index (χ3n) is 7.30. The lowest BCUT2D eigenvalue weighted by atomic mass is 9.94. The molecular weight excluding hydrogens is 492 g/mol. The van der Waals surface area contributed by atoms with Crippen LogP contribution in [0, 0.1) is 5.92 Å². The second-order valence-corrected chi connectivity index (χ2v) is 9.91. The number of furan rings is 1. The number of pyridine rings is 3. The Hall–Kier alpha value is -4.83. The molecule has 1 amide bonds. The molecule has 0 unspecified atom stereocenters. The standard InChI is InChI=1S/C29H26N8O2/c38-27(9-17-1-5-30-6-2-17)34-20-10-19(13-31-14-20)24-11-22-26(15-33-24)36-37-29(22)25-12-21-23(35-25)3-7-32-28(21)18-4-8-39-16-18/h3-4,7-8,10-17,30,35H,1-2,5-6,9H2,(H,34,38)(H,36,37). The van der Waals surface area contributed by atoms with Crippen LogP contribution in [0.2, 0.25) is 0 Å². The fourth-order valence-electron chi connectivity index (χ4n) is 5.30. The molecule has 1 saturated heterocycles. The predicted octanol–water partition coefficient (Wildman–Crippen LogP) is 5.15. The van der Waals surface area contributed by atoms with Crippen LogP contribution in [-0.2, 0) is 4.79 Å². The first-order valence-corrected chi connectivity index (χ1v) is 13.0. The highest BCUT2D eigenvalue weighted by Crippen LogP contribution is 2.34. The number of nitrogens with one attached hydrogen (secondary N) is 4. The predicted molar refractivity (Wildman–Crippen MR) is 149 cm³/mol. The number of hydrogen-bond acceptors (Lipinski definition) is 7. The first-order chi connectivity index (χ1) is 19.2. The van der Waals surface area contributed by atoms with Gasteiger partial charge in [0.1, 0.15) is 5.69 Å². The Morgan fingerprint density at radius 2 is 1.87 bits per heavy atom. The molecule has 6 aromatic rings. The molecule has 0 aromatic carbocycles. The van der Waals surface area contributed by atoms with Crippen molar-refractivity contribution in [3.8, 4) is 33.9 Å². The lowest BCUT2D eigenvalue weighted by molar-refractivity contribution is -0.117. The number of nitrogens with zero attached hydrogens (tertiary/aromatic N) is 4. The molecule has 39 heavy (non-hydrogen) atoms. The quantitative estimate of drug-likeness (QED) is 0.239. The highest BCUT2D eigenvalue weighted by molar-refractivity contribution is 6.00. The second-order valence-electron chi connectivity index (χ2n) is 9.91. The SMILES string of the molecule is O=C(CC1CCNCC1)Nc1cncc(-c2cc3c(-c4cc5c(-c6ccoc6)nccc5[nH]4)n[nH]c3cn2)c1. The molecule has 1 aliphatic rings. The number of aromatic amines is 2. The van der Waals surface area contributed by atoms with Crippen molar-refractivity contribution < 1.29 is 9.21 Å². The van der Waals surface area contributed by atoms with E-state index in [2.05, 4.69) is 46.8 Å². The summed E-state index contributed by atoms with van der Waals surface area (Å²) in [5.74, 6) is 0.437. The molecule has 1 fully saturated rings. The number of aromatic nitrogens is 6. The van der Waals surface area contributed by atoms with Crippen LogP contribution in [0.15, 0.2) is 72.1 Å². The number of piperidine rings is 1. The number of carbonyl (C=O) groups excluding carboxylic acids is 1. The molecule has 0 bridgehead atoms. The Labute approximate surface area is 223 Å². The molecule has 0 saturated carbocycles. The molecule has 6 aromatic heterocycles. The van der Waals surface area contributed by atoms with Gasteiger partial charge in [-0.15, -0.1) is 0 Å². The molecule has 4 N–H and O–H groups in total. The molecule has 10 heteroatoms. The largest absolute Gasteiger partial charge is 0.472 e. The maximum Gasteiger partial charge on any atom is 0.224 e. The lowest BCUT2D eigenvalue weighted by Crippen LogP contribution is -2.30. The highest BCUT2D eigenvalue weighted by atomic mass is 16.3. The van der Waals surface area contributed by atoms with Crippen molar-refractivity contribution in [1.29, 1.82) is 0 Å². The maximum absolute atomic E-state index is 12.6. The zero-order valence-corrected chi connectivity index (χ0v) is 21.1. The third-order valence-corrected chi connectivity index (χ3v) is 7.30. The van der Waals surface area contributed by atoms with E-state index in [1.807, 2.05) is 24.3 Å². The Morgan fingerprint density at radius 3 is 2.74 bits per heavy atom. The van der Waals surface area contributed by atoms with Crippen molar-refractivity contribution in [1.82, 2.24) is 35.5 Å². The van der Waals surface area contributed by atoms with Crippen molar-refractivity contribution in [3.63, 3.8) is 0 Å². The van der Waals surface area contributed by atoms with Crippen LogP contribution in [0.1, 0.15) is 19.3 Å². The van der Waals surface area contributed by atoms with Crippen molar-refractivity contribution in [2.45, 2.75) is 19.3 Å². The fourth-order valence-corrected chi connectivity index (χ4v) is 5.30. The molecule has 7 heterocycles. The zero-order chi connectivity index (χ0) is 26.2. The van der Waals surface area contributed by atoms with Gasteiger partial charge < -0.3 is 20.0 Å². The van der Waals surface area contributed by atoms with E-state index < -0.39 is 0 Å². The molecule has 194 valence electrons. The summed E-state index contributed by atoms with van der Waals surface area (Å²) in [6.07, 6.45) is 12.9. The summed E-state index contributed by atoms with van der Waals surface area (Å²) in [5.41, 5.74) is 7.39. The van der Waals surface area contributed by atoms with Crippen LogP contribution in [-0.4, -0.2) is 49.1 Å². The molecular formula is C29H26N8O2. The average Bonchev–Trinajstić information content (AvgIpc) is 3.73. The van der Waals surface area contributed by atoms with Crippen molar-refractivity contribution in [3.05, 3.63) is 67.6 Å². The lowest BCUT2D eigenvalue weighted by Gasteiger charge is -2.21. The van der Waals surface area contributed by atoms with Gasteiger partial charge >= 0.3 is 0 Å². The van der Waals surface area contributed by atoms with E-state index in [4.69, 9.17) is 4.42 Å². The number of hydrogen-bond donors (Lipinski definition) is 4. The molecule has 0 aliphatic carbocycles. The van der Waals surface area contributed by atoms with E-state index in [-0.39, 0.29) is 5.91 Å². The van der Waals surface area contributed by atoms with Gasteiger partial charge in [-0.25, -0.2) is 0 Å². The Morgan fingerprint density at radius 1 is 0.974 bits per heavy atom. The highest BCUT2D eigenvalue weighted by Gasteiger charge is 2.18. The van der Waals surface area contributed by atoms with Crippen molar-refractivity contribution in [2.24, 2.45) is 5.92 Å². The van der Waals surface area contributed by atoms with Crippen molar-refractivity contribution >= 4 is 33.4 Å². The number of amides is 1. The topological polar surface area (TPSA) is 137 Å². The van der Waals surface area contributed by atoms with Crippen LogP contribution < -0.4 is 10.6 Å². The normalized spacial score (nSPS) is 14.3. The number of fused-ring (bicyclic) bond motifs is 2. The van der Waals surface area contributed by atoms with E-state index in [9.17, 15) is 4.79 Å². The average molecular weight is 519 g/mol. The summed E-state index contributed by atoms with van der Waals surface area (Å²) in [6, 6.07) is 9.80. The van der Waals surface area contributed by atoms with Crippen LogP contribution in [0.5, 0.6) is 0 Å². The van der Waals surface area contributed by atoms with Crippen LogP contribution in [0.4, 0.5) is 5.69 Å². The first-order valence-electron chi connectivity index (χ1n) is 13.0. The van der Waals surface area contributed by atoms with Gasteiger partial charge in [-0.1, -0.05) is 0 Å². The Bertz CT molecular complexity index is 1780. The van der Waals surface area contributed by atoms with Crippen LogP contribution in [0.3, 0.4) is 0 Å². The van der Waals surface area contributed by atoms with Crippen LogP contribution in [0.25, 0.3) is 55.7 Å². The molecule has 0 radical (unpaired) electrons. The minimum atomic E-state index is 0.0180. The van der Waals surface area contributed by atoms with E-state index in [1.54, 1.807) is 37.3 Å². The first kappa shape index (κ1) is 23.3. The number of H-pyrrole nitrogens is 2. The van der Waals surface area contributed by atoms with Gasteiger partial charge in [-0.05, 0) is 62.2 Å². The van der Waals surface area contributed by atoms with E-state index >= 15 is 0 Å². The third kappa shape index (κ3) is 4.55. The summed E-state index contributed by atoms with van der Waals surface area (Å²) >= 11 is 0. The molecule has 0 atom stereocenters. The van der Waals surface area contributed by atoms with Gasteiger partial charge in [-0.3, -0.25) is 24.8 Å². The zero-order valence-electron chi connectivity index (χ0n) is 21.1. The van der Waals surface area contributed by atoms with Gasteiger partial charge in [-0.2, -0.15) is 5.10 Å². The molecule has 7 rings (SSSR count). The van der Waals surface area contributed by atoms with Gasteiger partial charge in [0.25, 0.3) is 0 Å². The summed E-state index contributed by atoms with van der Waals surface area (Å²) in [6.45, 7) is 1.94. The Kier molecular flexibility index (Phi) is 5.86. The smallest absolute Gasteiger partial charge is 0.224 e. The number of rotatable bonds is 6. The molecule has 10 nitrogen and oxygen atoms in total. The number of carbonyl (C=O) groups is 1. The number of anilines is 1. The van der Waals surface area contributed by atoms with Gasteiger partial charge in [0, 0.05) is 46.2 Å². The van der Waals surface area contributed by atoms with Crippen LogP contribution >= 0.6 is 0 Å². The summed E-state index contributed by atoms with van der Waals surface area (Å²) < 4.78 is 5.27. The van der Waals surface area contributed by atoms with E-state index in [1.165, 1.54) is 0 Å². The van der Waals surface area contributed by atoms with Crippen molar-refractivity contribution in [2.75, 3.05) is 18.4 Å². The maximum atomic E-state index is 12.6. The second kappa shape index (κ2) is 9.80. The Balaban J connectivity index is 1.19. The minimum absolute atomic E-state index is 0.0180. The molecule has 0 spiro atoms. The van der Waals surface area contributed by atoms with E-state index in [0.717, 1.165) is 81.6 Å². The summed E-state index contributed by atoms with van der Waals surface area (Å²) in [4.78, 5) is 29.7. The molecule has 1 aliphatic heterocycles. The monoisotopic (exact) mass is 518 g/mol. The summed E-state index contributed by atoms with van der Waals surface area (Å²) in [5, 5.41) is 15.9.